The molecule has 2 heterocycles. The molecule has 0 radical (unpaired) electrons. The molecule has 7 nitrogen and oxygen atoms in total. The van der Waals surface area contributed by atoms with Gasteiger partial charge in [0.25, 0.3) is 5.89 Å². The minimum Gasteiger partial charge on any atom is -0.333 e. The Labute approximate surface area is 100 Å². The van der Waals surface area contributed by atoms with Crippen molar-refractivity contribution in [2.75, 3.05) is 0 Å². The fourth-order valence-corrected chi connectivity index (χ4v) is 1.95. The summed E-state index contributed by atoms with van der Waals surface area (Å²) < 4.78 is 5.01. The van der Waals surface area contributed by atoms with Gasteiger partial charge in [-0.25, -0.2) is 0 Å². The van der Waals surface area contributed by atoms with Gasteiger partial charge in [-0.3, -0.25) is 10.1 Å². The molecule has 0 aliphatic carbocycles. The first kappa shape index (κ1) is 11.7. The van der Waals surface area contributed by atoms with E-state index in [2.05, 4.69) is 10.1 Å². The minimum atomic E-state index is -0.455. The maximum absolute atomic E-state index is 10.5. The minimum absolute atomic E-state index is 0.0412. The van der Waals surface area contributed by atoms with E-state index in [1.807, 2.05) is 6.92 Å². The number of hydrogen-bond donors (Lipinski definition) is 1. The summed E-state index contributed by atoms with van der Waals surface area (Å²) in [5.41, 5.74) is 5.75. The van der Waals surface area contributed by atoms with E-state index in [9.17, 15) is 10.1 Å². The molecule has 1 unspecified atom stereocenters. The van der Waals surface area contributed by atoms with Crippen LogP contribution >= 0.6 is 11.3 Å². The van der Waals surface area contributed by atoms with Crippen molar-refractivity contribution < 1.29 is 9.45 Å². The van der Waals surface area contributed by atoms with Crippen LogP contribution in [0.5, 0.6) is 0 Å². The van der Waals surface area contributed by atoms with E-state index in [0.29, 0.717) is 17.1 Å². The van der Waals surface area contributed by atoms with E-state index in [1.165, 1.54) is 6.07 Å². The van der Waals surface area contributed by atoms with Gasteiger partial charge in [0.1, 0.15) is 0 Å². The van der Waals surface area contributed by atoms with Gasteiger partial charge in [-0.15, -0.1) is 0 Å². The highest BCUT2D eigenvalue weighted by Gasteiger charge is 2.18. The van der Waals surface area contributed by atoms with Crippen molar-refractivity contribution in [1.29, 1.82) is 0 Å². The van der Waals surface area contributed by atoms with Crippen molar-refractivity contribution in [2.45, 2.75) is 19.4 Å². The van der Waals surface area contributed by atoms with Crippen LogP contribution in [0, 0.1) is 10.1 Å². The average molecular weight is 254 g/mol. The Morgan fingerprint density at radius 1 is 1.65 bits per heavy atom. The lowest BCUT2D eigenvalue weighted by molar-refractivity contribution is -0.380. The van der Waals surface area contributed by atoms with E-state index in [1.54, 1.807) is 6.07 Å². The predicted octanol–water partition coefficient (Wildman–Crippen LogP) is 2.12. The molecule has 0 spiro atoms. The fourth-order valence-electron chi connectivity index (χ4n) is 1.21. The van der Waals surface area contributed by atoms with Crippen LogP contribution in [0.4, 0.5) is 5.00 Å². The summed E-state index contributed by atoms with van der Waals surface area (Å²) in [5.74, 6) is 0.681. The zero-order valence-corrected chi connectivity index (χ0v) is 9.81. The van der Waals surface area contributed by atoms with E-state index in [4.69, 9.17) is 10.3 Å². The van der Waals surface area contributed by atoms with Crippen molar-refractivity contribution in [1.82, 2.24) is 10.1 Å². The summed E-state index contributed by atoms with van der Waals surface area (Å²) in [6.45, 7) is 1.91. The van der Waals surface area contributed by atoms with Crippen LogP contribution in [-0.2, 0) is 0 Å². The second-order valence-corrected chi connectivity index (χ2v) is 4.43. The molecule has 1 atom stereocenters. The van der Waals surface area contributed by atoms with E-state index >= 15 is 0 Å². The second kappa shape index (κ2) is 4.60. The first-order chi connectivity index (χ1) is 8.11. The average Bonchev–Trinajstić information content (AvgIpc) is 2.95. The van der Waals surface area contributed by atoms with E-state index < -0.39 is 4.92 Å². The summed E-state index contributed by atoms with van der Waals surface area (Å²) >= 11 is 0.991. The largest absolute Gasteiger partial charge is 0.333 e. The number of aromatic nitrogens is 2. The molecule has 0 fully saturated rings. The Morgan fingerprint density at radius 3 is 3.00 bits per heavy atom. The maximum Gasteiger partial charge on any atom is 0.324 e. The molecule has 0 aromatic carbocycles. The molecule has 0 saturated carbocycles. The van der Waals surface area contributed by atoms with Gasteiger partial charge < -0.3 is 10.3 Å². The van der Waals surface area contributed by atoms with Gasteiger partial charge in [-0.1, -0.05) is 23.4 Å². The Morgan fingerprint density at radius 2 is 2.41 bits per heavy atom. The molecule has 8 heteroatoms. The number of hydrogen-bond acceptors (Lipinski definition) is 7. The standard InChI is InChI=1S/C9H10N4O3S/c1-2-5(10)8-11-9(16-12-8)6-3-4-7(17-6)13(14)15/h3-5H,2,10H2,1H3. The van der Waals surface area contributed by atoms with E-state index in [0.717, 1.165) is 11.3 Å². The van der Waals surface area contributed by atoms with Crippen LogP contribution in [0.2, 0.25) is 0 Å². The molecule has 0 amide bonds. The predicted molar refractivity (Wildman–Crippen MR) is 61.5 cm³/mol. The van der Waals surface area contributed by atoms with Gasteiger partial charge in [0.2, 0.25) is 0 Å². The SMILES string of the molecule is CCC(N)c1noc(-c2ccc([N+](=O)[O-])s2)n1. The molecule has 2 N–H and O–H groups in total. The lowest BCUT2D eigenvalue weighted by atomic mass is 10.2. The molecule has 0 aliphatic heterocycles. The Kier molecular flexibility index (Phi) is 3.16. The quantitative estimate of drug-likeness (QED) is 0.661. The fraction of sp³-hybridized carbons (Fsp3) is 0.333. The Hall–Kier alpha value is -1.80. The normalized spacial score (nSPS) is 12.6. The molecule has 90 valence electrons. The lowest BCUT2D eigenvalue weighted by Crippen LogP contribution is -2.10. The Bertz CT molecular complexity index is 536. The van der Waals surface area contributed by atoms with E-state index in [-0.39, 0.29) is 16.9 Å². The molecule has 2 rings (SSSR count). The Balaban J connectivity index is 2.27. The van der Waals surface area contributed by atoms with Crippen molar-refractivity contribution in [2.24, 2.45) is 5.73 Å². The third-order valence-electron chi connectivity index (χ3n) is 2.20. The van der Waals surface area contributed by atoms with Gasteiger partial charge in [0, 0.05) is 6.07 Å². The summed E-state index contributed by atoms with van der Waals surface area (Å²) in [7, 11) is 0. The second-order valence-electron chi connectivity index (χ2n) is 3.37. The summed E-state index contributed by atoms with van der Waals surface area (Å²) in [6, 6.07) is 2.71. The molecule has 0 bridgehead atoms. The highest BCUT2D eigenvalue weighted by molar-refractivity contribution is 7.18. The van der Waals surface area contributed by atoms with Gasteiger partial charge in [0.15, 0.2) is 5.82 Å². The maximum atomic E-state index is 10.5. The van der Waals surface area contributed by atoms with Crippen LogP contribution in [0.25, 0.3) is 10.8 Å². The highest BCUT2D eigenvalue weighted by Crippen LogP contribution is 2.31. The smallest absolute Gasteiger partial charge is 0.324 e. The number of nitrogens with two attached hydrogens (primary N) is 1. The molecule has 0 aliphatic rings. The molecule has 17 heavy (non-hydrogen) atoms. The van der Waals surface area contributed by atoms with Crippen molar-refractivity contribution >= 4 is 16.3 Å². The molecular formula is C9H10N4O3S. The molecule has 0 saturated heterocycles. The number of nitro groups is 1. The lowest BCUT2D eigenvalue weighted by Gasteiger charge is -1.98. The first-order valence-corrected chi connectivity index (χ1v) is 5.77. The van der Waals surface area contributed by atoms with Gasteiger partial charge >= 0.3 is 5.00 Å². The number of nitrogens with zero attached hydrogens (tertiary/aromatic N) is 3. The number of rotatable bonds is 4. The van der Waals surface area contributed by atoms with Crippen LogP contribution in [0.1, 0.15) is 25.2 Å². The highest BCUT2D eigenvalue weighted by atomic mass is 32.1. The summed E-state index contributed by atoms with van der Waals surface area (Å²) in [6.07, 6.45) is 0.698. The van der Waals surface area contributed by atoms with Crippen molar-refractivity contribution in [3.8, 4) is 10.8 Å². The third kappa shape index (κ3) is 2.32. The number of thiophene rings is 1. The topological polar surface area (TPSA) is 108 Å². The van der Waals surface area contributed by atoms with Gasteiger partial charge in [0.05, 0.1) is 15.8 Å². The molecular weight excluding hydrogens is 244 g/mol. The summed E-state index contributed by atoms with van der Waals surface area (Å²) in [4.78, 5) is 14.8. The zero-order valence-electron chi connectivity index (χ0n) is 8.99. The third-order valence-corrected chi connectivity index (χ3v) is 3.22. The molecule has 2 aromatic rings. The zero-order chi connectivity index (χ0) is 12.4. The van der Waals surface area contributed by atoms with Crippen molar-refractivity contribution in [3.05, 3.63) is 28.1 Å². The van der Waals surface area contributed by atoms with Gasteiger partial charge in [-0.05, 0) is 12.5 Å². The van der Waals surface area contributed by atoms with Crippen LogP contribution in [0.3, 0.4) is 0 Å². The van der Waals surface area contributed by atoms with Crippen molar-refractivity contribution in [3.63, 3.8) is 0 Å². The van der Waals surface area contributed by atoms with Crippen LogP contribution in [0.15, 0.2) is 16.7 Å². The monoisotopic (exact) mass is 254 g/mol. The van der Waals surface area contributed by atoms with Crippen LogP contribution in [-0.4, -0.2) is 15.1 Å². The van der Waals surface area contributed by atoms with Gasteiger partial charge in [-0.2, -0.15) is 4.98 Å². The summed E-state index contributed by atoms with van der Waals surface area (Å²) in [5, 5.41) is 14.3. The first-order valence-electron chi connectivity index (χ1n) is 4.95. The molecule has 2 aromatic heterocycles. The van der Waals surface area contributed by atoms with Crippen LogP contribution < -0.4 is 5.73 Å².